The topological polar surface area (TPSA) is 128 Å². The van der Waals surface area contributed by atoms with Crippen molar-refractivity contribution in [2.24, 2.45) is 5.73 Å². The third kappa shape index (κ3) is 10.8. The number of carbonyl (C=O) groups is 1. The van der Waals surface area contributed by atoms with Gasteiger partial charge in [0.2, 0.25) is 0 Å². The van der Waals surface area contributed by atoms with Crippen LogP contribution in [-0.2, 0) is 23.4 Å². The smallest absolute Gasteiger partial charge is 0.455 e. The first-order valence-electron chi connectivity index (χ1n) is 6.76. The summed E-state index contributed by atoms with van der Waals surface area (Å²) in [6.45, 7) is 10.5. The van der Waals surface area contributed by atoms with Crippen molar-refractivity contribution in [3.63, 3.8) is 0 Å². The van der Waals surface area contributed by atoms with Gasteiger partial charge in [-0.2, -0.15) is 0 Å². The summed E-state index contributed by atoms with van der Waals surface area (Å²) >= 11 is 0. The van der Waals surface area contributed by atoms with E-state index in [2.05, 4.69) is 11.1 Å². The Morgan fingerprint density at radius 2 is 1.64 bits per heavy atom. The fraction of sp³-hybridized carbons (Fsp3) is 0.769. The first-order valence-corrected chi connectivity index (χ1v) is 8.29. The van der Waals surface area contributed by atoms with Gasteiger partial charge in [-0.25, -0.2) is 9.36 Å². The molecule has 0 saturated heterocycles. The molecule has 22 heavy (non-hydrogen) atoms. The quantitative estimate of drug-likeness (QED) is 0.310. The van der Waals surface area contributed by atoms with Crippen molar-refractivity contribution in [1.82, 2.24) is 0 Å². The number of carbonyl (C=O) groups excluding carboxylic acids is 1. The second-order valence-electron chi connectivity index (χ2n) is 6.11. The molecule has 0 aromatic rings. The van der Waals surface area contributed by atoms with Gasteiger partial charge in [-0.1, -0.05) is 6.58 Å². The minimum absolute atomic E-state index is 0.122. The molecule has 0 spiro atoms. The SMILES string of the molecule is C=C(N)C(=O)OC(C)(C)CCOC(C)(C)CCOP(=O)(O)O. The molecule has 130 valence electrons. The lowest BCUT2D eigenvalue weighted by molar-refractivity contribution is -0.154. The van der Waals surface area contributed by atoms with Gasteiger partial charge in [0.1, 0.15) is 11.3 Å². The molecule has 9 heteroatoms. The first-order chi connectivity index (χ1) is 9.74. The Morgan fingerprint density at radius 1 is 1.14 bits per heavy atom. The van der Waals surface area contributed by atoms with Gasteiger partial charge in [-0.3, -0.25) is 4.52 Å². The van der Waals surface area contributed by atoms with Crippen LogP contribution in [0, 0.1) is 0 Å². The van der Waals surface area contributed by atoms with Crippen LogP contribution < -0.4 is 5.73 Å². The molecule has 0 aliphatic carbocycles. The van der Waals surface area contributed by atoms with E-state index in [9.17, 15) is 9.36 Å². The predicted molar refractivity (Wildman–Crippen MR) is 80.8 cm³/mol. The molecular formula is C13H26NO7P. The lowest BCUT2D eigenvalue weighted by Gasteiger charge is -2.29. The molecular weight excluding hydrogens is 313 g/mol. The van der Waals surface area contributed by atoms with Gasteiger partial charge in [0.25, 0.3) is 0 Å². The second-order valence-corrected chi connectivity index (χ2v) is 7.35. The average molecular weight is 339 g/mol. The Labute approximate surface area is 130 Å². The Morgan fingerprint density at radius 3 is 2.09 bits per heavy atom. The summed E-state index contributed by atoms with van der Waals surface area (Å²) in [5.41, 5.74) is 3.69. The van der Waals surface area contributed by atoms with E-state index in [-0.39, 0.29) is 12.3 Å². The van der Waals surface area contributed by atoms with Crippen LogP contribution >= 0.6 is 7.82 Å². The van der Waals surface area contributed by atoms with E-state index < -0.39 is 25.0 Å². The molecule has 0 amide bonds. The maximum Gasteiger partial charge on any atom is 0.469 e. The third-order valence-corrected chi connectivity index (χ3v) is 3.31. The van der Waals surface area contributed by atoms with Crippen LogP contribution in [0.15, 0.2) is 12.3 Å². The van der Waals surface area contributed by atoms with Gasteiger partial charge in [-0.15, -0.1) is 0 Å². The molecule has 0 fully saturated rings. The van der Waals surface area contributed by atoms with Gasteiger partial charge in [0, 0.05) is 6.42 Å². The number of nitrogens with two attached hydrogens (primary N) is 1. The monoisotopic (exact) mass is 339 g/mol. The Hall–Kier alpha value is -0.920. The highest BCUT2D eigenvalue weighted by molar-refractivity contribution is 7.46. The molecule has 8 nitrogen and oxygen atoms in total. The number of ether oxygens (including phenoxy) is 2. The summed E-state index contributed by atoms with van der Waals surface area (Å²) in [5.74, 6) is -0.667. The number of esters is 1. The molecule has 4 N–H and O–H groups in total. The van der Waals surface area contributed by atoms with Crippen molar-refractivity contribution in [3.05, 3.63) is 12.3 Å². The maximum absolute atomic E-state index is 11.4. The van der Waals surface area contributed by atoms with Crippen LogP contribution in [-0.4, -0.2) is 40.2 Å². The van der Waals surface area contributed by atoms with Crippen molar-refractivity contribution < 1.29 is 33.1 Å². The van der Waals surface area contributed by atoms with Crippen molar-refractivity contribution in [3.8, 4) is 0 Å². The number of phosphoric acid groups is 1. The fourth-order valence-electron chi connectivity index (χ4n) is 1.42. The van der Waals surface area contributed by atoms with E-state index in [1.165, 1.54) is 0 Å². The van der Waals surface area contributed by atoms with Crippen LogP contribution in [0.3, 0.4) is 0 Å². The van der Waals surface area contributed by atoms with Crippen molar-refractivity contribution in [2.75, 3.05) is 13.2 Å². The summed E-state index contributed by atoms with van der Waals surface area (Å²) in [5, 5.41) is 0. The summed E-state index contributed by atoms with van der Waals surface area (Å²) in [6.07, 6.45) is 0.729. The van der Waals surface area contributed by atoms with Gasteiger partial charge in [0.15, 0.2) is 0 Å². The van der Waals surface area contributed by atoms with Crippen molar-refractivity contribution >= 4 is 13.8 Å². The van der Waals surface area contributed by atoms with E-state index in [1.807, 2.05) is 0 Å². The highest BCUT2D eigenvalue weighted by atomic mass is 31.2. The van der Waals surface area contributed by atoms with Crippen LogP contribution in [0.2, 0.25) is 0 Å². The molecule has 0 unspecified atom stereocenters. The number of hydrogen-bond donors (Lipinski definition) is 3. The molecule has 0 atom stereocenters. The Bertz CT molecular complexity index is 442. The lowest BCUT2D eigenvalue weighted by atomic mass is 10.0. The van der Waals surface area contributed by atoms with E-state index in [0.29, 0.717) is 19.4 Å². The van der Waals surface area contributed by atoms with Gasteiger partial charge < -0.3 is 25.0 Å². The first kappa shape index (κ1) is 21.1. The normalized spacial score (nSPS) is 13.0. The highest BCUT2D eigenvalue weighted by Gasteiger charge is 2.26. The Balaban J connectivity index is 4.17. The fourth-order valence-corrected chi connectivity index (χ4v) is 1.75. The van der Waals surface area contributed by atoms with Crippen LogP contribution in [0.4, 0.5) is 0 Å². The van der Waals surface area contributed by atoms with Gasteiger partial charge >= 0.3 is 13.8 Å². The van der Waals surface area contributed by atoms with Gasteiger partial charge in [0.05, 0.1) is 18.8 Å². The van der Waals surface area contributed by atoms with Crippen molar-refractivity contribution in [1.29, 1.82) is 0 Å². The van der Waals surface area contributed by atoms with Crippen LogP contribution in [0.25, 0.3) is 0 Å². The molecule has 0 aromatic carbocycles. The zero-order valence-electron chi connectivity index (χ0n) is 13.5. The van der Waals surface area contributed by atoms with Crippen molar-refractivity contribution in [2.45, 2.75) is 51.7 Å². The number of phosphoric ester groups is 1. The van der Waals surface area contributed by atoms with Crippen LogP contribution in [0.5, 0.6) is 0 Å². The number of rotatable bonds is 10. The van der Waals surface area contributed by atoms with E-state index in [1.54, 1.807) is 27.7 Å². The molecule has 0 heterocycles. The molecule has 0 aliphatic heterocycles. The minimum atomic E-state index is -4.46. The molecule has 0 saturated carbocycles. The molecule has 0 aliphatic rings. The lowest BCUT2D eigenvalue weighted by Crippen LogP contribution is -2.34. The molecule has 0 bridgehead atoms. The van der Waals surface area contributed by atoms with E-state index in [0.717, 1.165) is 0 Å². The van der Waals surface area contributed by atoms with Crippen LogP contribution in [0.1, 0.15) is 40.5 Å². The summed E-state index contributed by atoms with van der Waals surface area (Å²) in [6, 6.07) is 0. The summed E-state index contributed by atoms with van der Waals surface area (Å²) in [7, 11) is -4.46. The van der Waals surface area contributed by atoms with E-state index in [4.69, 9.17) is 25.0 Å². The standard InChI is InChI=1S/C13H26NO7P/c1-10(14)11(15)21-13(4,5)6-8-19-12(2,3)7-9-20-22(16,17)18/h1,6-9,14H2,2-5H3,(H2,16,17,18). The zero-order valence-corrected chi connectivity index (χ0v) is 14.4. The summed E-state index contributed by atoms with van der Waals surface area (Å²) in [4.78, 5) is 28.6. The highest BCUT2D eigenvalue weighted by Crippen LogP contribution is 2.36. The third-order valence-electron chi connectivity index (χ3n) is 2.79. The number of hydrogen-bond acceptors (Lipinski definition) is 6. The predicted octanol–water partition coefficient (Wildman–Crippen LogP) is 1.47. The molecule has 0 aromatic heterocycles. The molecule has 0 radical (unpaired) electrons. The van der Waals surface area contributed by atoms with Gasteiger partial charge in [-0.05, 0) is 34.1 Å². The second kappa shape index (κ2) is 8.08. The largest absolute Gasteiger partial charge is 0.469 e. The average Bonchev–Trinajstić information content (AvgIpc) is 2.24. The molecule has 0 rings (SSSR count). The Kier molecular flexibility index (Phi) is 7.74. The minimum Gasteiger partial charge on any atom is -0.455 e. The zero-order chi connectivity index (χ0) is 17.6. The maximum atomic E-state index is 11.4. The summed E-state index contributed by atoms with van der Waals surface area (Å²) < 4.78 is 25.8. The van der Waals surface area contributed by atoms with E-state index >= 15 is 0 Å².